The highest BCUT2D eigenvalue weighted by molar-refractivity contribution is 6.31. The predicted molar refractivity (Wildman–Crippen MR) is 144 cm³/mol. The van der Waals surface area contributed by atoms with Crippen molar-refractivity contribution in [1.82, 2.24) is 20.1 Å². The highest BCUT2D eigenvalue weighted by Gasteiger charge is 2.36. The van der Waals surface area contributed by atoms with Gasteiger partial charge < -0.3 is 16.0 Å². The zero-order chi connectivity index (χ0) is 27.0. The van der Waals surface area contributed by atoms with Gasteiger partial charge in [0.05, 0.1) is 5.02 Å². The number of aromatic nitrogens is 1. The van der Waals surface area contributed by atoms with Crippen molar-refractivity contribution in [3.05, 3.63) is 68.5 Å². The summed E-state index contributed by atoms with van der Waals surface area (Å²) in [6.45, 7) is 4.86. The molecule has 0 amide bonds. The molecule has 1 saturated heterocycles. The minimum absolute atomic E-state index is 0.120. The molecule has 0 saturated carbocycles. The number of nitrogens with one attached hydrogen (secondary N) is 2. The minimum Gasteiger partial charge on any atom is -0.370 e. The Kier molecular flexibility index (Phi) is 7.91. The summed E-state index contributed by atoms with van der Waals surface area (Å²) in [5.41, 5.74) is 10.3. The summed E-state index contributed by atoms with van der Waals surface area (Å²) in [6, 6.07) is 9.17. The van der Waals surface area contributed by atoms with Gasteiger partial charge in [-0.05, 0) is 78.8 Å². The van der Waals surface area contributed by atoms with Crippen LogP contribution in [0.3, 0.4) is 0 Å². The van der Waals surface area contributed by atoms with Crippen molar-refractivity contribution in [2.24, 2.45) is 11.7 Å². The average molecular weight is 567 g/mol. The van der Waals surface area contributed by atoms with Gasteiger partial charge in [-0.3, -0.25) is 10.3 Å². The maximum Gasteiger partial charge on any atom is 0.434 e. The molecule has 1 fully saturated rings. The van der Waals surface area contributed by atoms with E-state index in [2.05, 4.69) is 27.3 Å². The summed E-state index contributed by atoms with van der Waals surface area (Å²) < 4.78 is 39.7. The lowest BCUT2D eigenvalue weighted by molar-refractivity contribution is -0.141. The molecule has 11 heteroatoms. The Morgan fingerprint density at radius 2 is 1.95 bits per heavy atom. The maximum absolute atomic E-state index is 13.2. The zero-order valence-electron chi connectivity index (χ0n) is 20.9. The van der Waals surface area contributed by atoms with Gasteiger partial charge in [0.2, 0.25) is 0 Å². The van der Waals surface area contributed by atoms with Crippen molar-refractivity contribution >= 4 is 34.7 Å². The molecule has 1 atom stereocenters. The van der Waals surface area contributed by atoms with Gasteiger partial charge in [-0.1, -0.05) is 29.3 Å². The van der Waals surface area contributed by atoms with Crippen LogP contribution in [-0.4, -0.2) is 66.1 Å². The first-order chi connectivity index (χ1) is 18.1. The van der Waals surface area contributed by atoms with E-state index in [1.165, 1.54) is 28.3 Å². The molecule has 6 nitrogen and oxygen atoms in total. The number of aryl methyl sites for hydroxylation is 1. The molecule has 3 aliphatic rings. The number of rotatable bonds is 8. The van der Waals surface area contributed by atoms with Crippen LogP contribution < -0.4 is 11.1 Å². The summed E-state index contributed by atoms with van der Waals surface area (Å²) in [7, 11) is 0. The van der Waals surface area contributed by atoms with Crippen molar-refractivity contribution in [3.63, 3.8) is 0 Å². The number of benzene rings is 1. The first-order valence-corrected chi connectivity index (χ1v) is 13.6. The van der Waals surface area contributed by atoms with Gasteiger partial charge in [0.15, 0.2) is 11.7 Å². The second-order valence-electron chi connectivity index (χ2n) is 10.3. The number of hydrogen-bond donors (Lipinski definition) is 3. The first-order valence-electron chi connectivity index (χ1n) is 12.9. The molecular formula is C27H31Cl2F3N6. The third-order valence-electron chi connectivity index (χ3n) is 7.78. The van der Waals surface area contributed by atoms with Gasteiger partial charge in [-0.25, -0.2) is 4.98 Å². The number of likely N-dealkylation sites (tertiary alicyclic amines) is 1. The predicted octanol–water partition coefficient (Wildman–Crippen LogP) is 4.84. The second-order valence-corrected chi connectivity index (χ2v) is 11.2. The fourth-order valence-electron chi connectivity index (χ4n) is 5.84. The van der Waals surface area contributed by atoms with Gasteiger partial charge in [0, 0.05) is 55.4 Å². The average Bonchev–Trinajstić information content (AvgIpc) is 3.19. The lowest BCUT2D eigenvalue weighted by atomic mass is 9.92. The molecule has 0 spiro atoms. The van der Waals surface area contributed by atoms with E-state index in [1.54, 1.807) is 6.07 Å². The zero-order valence-corrected chi connectivity index (χ0v) is 22.4. The summed E-state index contributed by atoms with van der Waals surface area (Å²) in [4.78, 5) is 8.10. The van der Waals surface area contributed by atoms with Crippen LogP contribution in [0, 0.1) is 11.3 Å². The van der Waals surface area contributed by atoms with E-state index in [0.29, 0.717) is 24.5 Å². The number of nitrogens with zero attached hydrogens (tertiary/aromatic N) is 3. The van der Waals surface area contributed by atoms with Gasteiger partial charge in [0.25, 0.3) is 0 Å². The lowest BCUT2D eigenvalue weighted by Gasteiger charge is -2.41. The standard InChI is InChI=1S/C27H31Cl2F3N6/c28-18-4-3-17-10-22-20(21(17)11-18)7-9-37(24(22)13-35-12-16-14-38(15-16)26(33)34)8-1-2-19-5-6-23(29)25(36-19)27(30,31)32/h3-6,11,16,24,35H,1-2,7-10,12-15H2,(H3,33,34). The van der Waals surface area contributed by atoms with Crippen molar-refractivity contribution in [3.8, 4) is 0 Å². The summed E-state index contributed by atoms with van der Waals surface area (Å²) >= 11 is 12.0. The quantitative estimate of drug-likeness (QED) is 0.314. The Morgan fingerprint density at radius 1 is 1.16 bits per heavy atom. The van der Waals surface area contributed by atoms with E-state index in [-0.39, 0.29) is 17.0 Å². The smallest absolute Gasteiger partial charge is 0.370 e. The fourth-order valence-corrected chi connectivity index (χ4v) is 6.22. The molecule has 2 aromatic rings. The van der Waals surface area contributed by atoms with E-state index in [9.17, 15) is 13.2 Å². The fraction of sp³-hybridized carbons (Fsp3) is 0.481. The molecule has 0 radical (unpaired) electrons. The summed E-state index contributed by atoms with van der Waals surface area (Å²) in [5, 5.41) is 11.5. The maximum atomic E-state index is 13.2. The Balaban J connectivity index is 1.25. The van der Waals surface area contributed by atoms with Gasteiger partial charge in [-0.15, -0.1) is 0 Å². The normalized spacial score (nSPS) is 19.9. The van der Waals surface area contributed by atoms with Crippen molar-refractivity contribution in [2.45, 2.75) is 37.9 Å². The Hall–Kier alpha value is -2.33. The Morgan fingerprint density at radius 3 is 2.68 bits per heavy atom. The molecule has 1 aromatic heterocycles. The third kappa shape index (κ3) is 5.81. The van der Waals surface area contributed by atoms with E-state index in [1.807, 2.05) is 11.0 Å². The first kappa shape index (κ1) is 27.2. The van der Waals surface area contributed by atoms with Crippen molar-refractivity contribution in [1.29, 1.82) is 5.41 Å². The number of halogens is 5. The monoisotopic (exact) mass is 566 g/mol. The van der Waals surface area contributed by atoms with Crippen LogP contribution in [0.2, 0.25) is 10.0 Å². The molecule has 38 heavy (non-hydrogen) atoms. The number of fused-ring (bicyclic) bond motifs is 2. The molecule has 1 aromatic carbocycles. The largest absolute Gasteiger partial charge is 0.434 e. The topological polar surface area (TPSA) is 81.3 Å². The Labute approximate surface area is 230 Å². The Bertz CT molecular complexity index is 1240. The van der Waals surface area contributed by atoms with Crippen LogP contribution in [0.25, 0.3) is 5.57 Å². The molecule has 1 unspecified atom stereocenters. The molecule has 0 bridgehead atoms. The summed E-state index contributed by atoms with van der Waals surface area (Å²) in [6.07, 6.45) is -1.61. The van der Waals surface area contributed by atoms with Crippen LogP contribution in [0.5, 0.6) is 0 Å². The highest BCUT2D eigenvalue weighted by Crippen LogP contribution is 2.42. The van der Waals surface area contributed by atoms with Gasteiger partial charge >= 0.3 is 6.18 Å². The van der Waals surface area contributed by atoms with Gasteiger partial charge in [-0.2, -0.15) is 13.2 Å². The van der Waals surface area contributed by atoms with E-state index in [4.69, 9.17) is 34.3 Å². The highest BCUT2D eigenvalue weighted by atomic mass is 35.5. The lowest BCUT2D eigenvalue weighted by Crippen LogP contribution is -2.56. The minimum atomic E-state index is -4.57. The van der Waals surface area contributed by atoms with Crippen molar-refractivity contribution < 1.29 is 13.2 Å². The van der Waals surface area contributed by atoms with Crippen LogP contribution in [0.15, 0.2) is 35.9 Å². The van der Waals surface area contributed by atoms with Gasteiger partial charge in [0.1, 0.15) is 0 Å². The summed E-state index contributed by atoms with van der Waals surface area (Å²) in [5.74, 6) is 0.581. The molecule has 2 aliphatic heterocycles. The second kappa shape index (κ2) is 11.0. The molecule has 5 rings (SSSR count). The van der Waals surface area contributed by atoms with E-state index < -0.39 is 11.9 Å². The molecule has 4 N–H and O–H groups in total. The van der Waals surface area contributed by atoms with E-state index >= 15 is 0 Å². The molecule has 204 valence electrons. The molecular weight excluding hydrogens is 536 g/mol. The SMILES string of the molecule is N=C(N)N1CC(CNCC2C3=C(CCN2CCCc2ccc(Cl)c(C(F)(F)F)n2)c2cc(Cl)ccc2C3)C1. The number of pyridine rings is 1. The van der Waals surface area contributed by atoms with Crippen LogP contribution in [-0.2, 0) is 19.0 Å². The number of hydrogen-bond acceptors (Lipinski definition) is 4. The van der Waals surface area contributed by atoms with Crippen LogP contribution in [0.4, 0.5) is 13.2 Å². The van der Waals surface area contributed by atoms with Crippen LogP contribution >= 0.6 is 23.2 Å². The number of alkyl halides is 3. The number of guanidine groups is 1. The van der Waals surface area contributed by atoms with Crippen LogP contribution in [0.1, 0.15) is 35.4 Å². The van der Waals surface area contributed by atoms with E-state index in [0.717, 1.165) is 57.1 Å². The third-order valence-corrected chi connectivity index (χ3v) is 8.32. The molecule has 3 heterocycles. The molecule has 1 aliphatic carbocycles. The van der Waals surface area contributed by atoms with Crippen molar-refractivity contribution in [2.75, 3.05) is 39.3 Å². The number of nitrogens with two attached hydrogens (primary N) is 1.